The van der Waals surface area contributed by atoms with Gasteiger partial charge >= 0.3 is 0 Å². The molecule has 1 aliphatic rings. The van der Waals surface area contributed by atoms with Crippen molar-refractivity contribution in [1.29, 1.82) is 0 Å². The molecule has 2 amide bonds. The van der Waals surface area contributed by atoms with E-state index in [1.807, 2.05) is 31.2 Å². The van der Waals surface area contributed by atoms with Crippen LogP contribution in [0.3, 0.4) is 0 Å². The Morgan fingerprint density at radius 3 is 2.31 bits per heavy atom. The van der Waals surface area contributed by atoms with E-state index in [0.717, 1.165) is 42.4 Å². The van der Waals surface area contributed by atoms with Gasteiger partial charge in [0, 0.05) is 35.7 Å². The van der Waals surface area contributed by atoms with Crippen molar-refractivity contribution in [3.05, 3.63) is 59.7 Å². The monoisotopic (exact) mass is 432 g/mol. The zero-order valence-corrected chi connectivity index (χ0v) is 18.3. The van der Waals surface area contributed by atoms with E-state index in [9.17, 15) is 9.59 Å². The summed E-state index contributed by atoms with van der Waals surface area (Å²) >= 11 is 0. The fraction of sp³-hybridized carbons (Fsp3) is 0.360. The normalized spacial score (nSPS) is 14.2. The Labute approximate surface area is 187 Å². The Kier molecular flexibility index (Phi) is 6.94. The molecule has 1 aliphatic carbocycles. The van der Waals surface area contributed by atoms with Gasteiger partial charge in [0.15, 0.2) is 0 Å². The molecule has 0 unspecified atom stereocenters. The van der Waals surface area contributed by atoms with Crippen LogP contribution >= 0.6 is 0 Å². The van der Waals surface area contributed by atoms with E-state index in [1.54, 1.807) is 24.3 Å². The molecular weight excluding hydrogens is 404 g/mol. The van der Waals surface area contributed by atoms with E-state index < -0.39 is 0 Å². The first-order valence-electron chi connectivity index (χ1n) is 11.2. The molecule has 0 saturated heterocycles. The number of rotatable bonds is 7. The van der Waals surface area contributed by atoms with E-state index in [-0.39, 0.29) is 17.7 Å². The zero-order valence-electron chi connectivity index (χ0n) is 18.3. The number of nitrogens with zero attached hydrogens (tertiary/aromatic N) is 2. The predicted octanol–water partition coefficient (Wildman–Crippen LogP) is 4.14. The number of hydrogen-bond donors (Lipinski definition) is 2. The first-order valence-corrected chi connectivity index (χ1v) is 11.2. The second-order valence-corrected chi connectivity index (χ2v) is 8.24. The third kappa shape index (κ3) is 5.41. The molecule has 1 heterocycles. The van der Waals surface area contributed by atoms with Crippen LogP contribution in [0.4, 0.5) is 0 Å². The second kappa shape index (κ2) is 10.2. The van der Waals surface area contributed by atoms with Crippen molar-refractivity contribution in [1.82, 2.24) is 20.8 Å². The summed E-state index contributed by atoms with van der Waals surface area (Å²) in [6.07, 6.45) is 5.41. The largest absolute Gasteiger partial charge is 0.416 e. The third-order valence-electron chi connectivity index (χ3n) is 5.77. The van der Waals surface area contributed by atoms with Crippen molar-refractivity contribution < 1.29 is 14.0 Å². The quantitative estimate of drug-likeness (QED) is 0.547. The van der Waals surface area contributed by atoms with E-state index in [0.29, 0.717) is 30.4 Å². The highest BCUT2D eigenvalue weighted by molar-refractivity contribution is 5.94. The maximum Gasteiger partial charge on any atom is 0.251 e. The van der Waals surface area contributed by atoms with Gasteiger partial charge in [-0.25, -0.2) is 0 Å². The highest BCUT2D eigenvalue weighted by Gasteiger charge is 2.20. The number of benzene rings is 2. The summed E-state index contributed by atoms with van der Waals surface area (Å²) in [6, 6.07) is 14.9. The summed E-state index contributed by atoms with van der Waals surface area (Å²) in [4.78, 5) is 24.5. The molecule has 32 heavy (non-hydrogen) atoms. The molecule has 3 aromatic rings. The molecule has 4 rings (SSSR count). The fourth-order valence-corrected chi connectivity index (χ4v) is 3.97. The molecule has 2 aromatic carbocycles. The summed E-state index contributed by atoms with van der Waals surface area (Å²) < 4.78 is 5.80. The van der Waals surface area contributed by atoms with Gasteiger partial charge in [-0.1, -0.05) is 37.0 Å². The first kappa shape index (κ1) is 21.7. The predicted molar refractivity (Wildman–Crippen MR) is 122 cm³/mol. The average molecular weight is 433 g/mol. The molecule has 1 aromatic heterocycles. The van der Waals surface area contributed by atoms with Gasteiger partial charge in [-0.2, -0.15) is 0 Å². The lowest BCUT2D eigenvalue weighted by molar-refractivity contribution is -0.125. The number of carbonyl (C=O) groups excluding carboxylic acids is 2. The van der Waals surface area contributed by atoms with Gasteiger partial charge in [0.05, 0.1) is 0 Å². The molecule has 7 nitrogen and oxygen atoms in total. The molecule has 0 aliphatic heterocycles. The van der Waals surface area contributed by atoms with Gasteiger partial charge < -0.3 is 15.1 Å². The Morgan fingerprint density at radius 1 is 0.906 bits per heavy atom. The number of nitrogens with one attached hydrogen (secondary N) is 2. The maximum atomic E-state index is 12.4. The van der Waals surface area contributed by atoms with Crippen LogP contribution < -0.4 is 10.6 Å². The number of aryl methyl sites for hydroxylation is 1. The third-order valence-corrected chi connectivity index (χ3v) is 5.77. The molecule has 0 bridgehead atoms. The Hall–Kier alpha value is -3.48. The molecule has 0 spiro atoms. The first-order chi connectivity index (χ1) is 15.6. The van der Waals surface area contributed by atoms with Crippen LogP contribution in [0.25, 0.3) is 22.9 Å². The van der Waals surface area contributed by atoms with Crippen LogP contribution in [0.1, 0.15) is 48.0 Å². The van der Waals surface area contributed by atoms with E-state index >= 15 is 0 Å². The molecule has 7 heteroatoms. The highest BCUT2D eigenvalue weighted by Crippen LogP contribution is 2.25. The van der Waals surface area contributed by atoms with Gasteiger partial charge in [-0.05, 0) is 56.2 Å². The molecule has 0 atom stereocenters. The summed E-state index contributed by atoms with van der Waals surface area (Å²) in [5, 5.41) is 14.0. The average Bonchev–Trinajstić information content (AvgIpc) is 3.33. The second-order valence-electron chi connectivity index (χ2n) is 8.24. The van der Waals surface area contributed by atoms with E-state index in [2.05, 4.69) is 20.8 Å². The fourth-order valence-electron chi connectivity index (χ4n) is 3.97. The summed E-state index contributed by atoms with van der Waals surface area (Å²) in [5.74, 6) is 0.908. The van der Waals surface area contributed by atoms with Crippen LogP contribution in [-0.2, 0) is 4.79 Å². The van der Waals surface area contributed by atoms with E-state index in [4.69, 9.17) is 4.42 Å². The summed E-state index contributed by atoms with van der Waals surface area (Å²) in [5.41, 5.74) is 3.26. The van der Waals surface area contributed by atoms with Crippen molar-refractivity contribution in [3.63, 3.8) is 0 Å². The minimum atomic E-state index is -0.186. The van der Waals surface area contributed by atoms with Crippen molar-refractivity contribution in [3.8, 4) is 22.9 Å². The topological polar surface area (TPSA) is 97.1 Å². The molecule has 1 fully saturated rings. The van der Waals surface area contributed by atoms with Crippen LogP contribution in [0, 0.1) is 12.8 Å². The van der Waals surface area contributed by atoms with Crippen LogP contribution in [0.2, 0.25) is 0 Å². The van der Waals surface area contributed by atoms with E-state index in [1.165, 1.54) is 6.42 Å². The Bertz CT molecular complexity index is 1070. The van der Waals surface area contributed by atoms with Crippen molar-refractivity contribution >= 4 is 11.8 Å². The highest BCUT2D eigenvalue weighted by atomic mass is 16.4. The number of carbonyl (C=O) groups is 2. The maximum absolute atomic E-state index is 12.4. The zero-order chi connectivity index (χ0) is 22.3. The smallest absolute Gasteiger partial charge is 0.251 e. The minimum Gasteiger partial charge on any atom is -0.416 e. The number of aromatic nitrogens is 2. The minimum absolute atomic E-state index is 0.105. The number of amides is 2. The van der Waals surface area contributed by atoms with Gasteiger partial charge in [0.2, 0.25) is 17.7 Å². The summed E-state index contributed by atoms with van der Waals surface area (Å²) in [7, 11) is 0. The Morgan fingerprint density at radius 2 is 1.59 bits per heavy atom. The van der Waals surface area contributed by atoms with Crippen molar-refractivity contribution in [2.45, 2.75) is 39.0 Å². The molecular formula is C25H28N4O3. The van der Waals surface area contributed by atoms with Crippen molar-refractivity contribution in [2.75, 3.05) is 13.1 Å². The van der Waals surface area contributed by atoms with Gasteiger partial charge in [-0.3, -0.25) is 9.59 Å². The van der Waals surface area contributed by atoms with Gasteiger partial charge in [0.25, 0.3) is 5.91 Å². The standard InChI is InChI=1S/C25H28N4O3/c1-17-6-5-9-21(16-17)25-29-28-24(32-25)20-12-10-19(11-13-20)23(31)27-15-14-26-22(30)18-7-3-2-4-8-18/h5-6,9-13,16,18H,2-4,7-8,14-15H2,1H3,(H,26,30)(H,27,31). The lowest BCUT2D eigenvalue weighted by Crippen LogP contribution is -2.38. The summed E-state index contributed by atoms with van der Waals surface area (Å²) in [6.45, 7) is 2.83. The lowest BCUT2D eigenvalue weighted by atomic mass is 9.89. The van der Waals surface area contributed by atoms with Gasteiger partial charge in [-0.15, -0.1) is 10.2 Å². The molecule has 166 valence electrons. The molecule has 1 saturated carbocycles. The SMILES string of the molecule is Cc1cccc(-c2nnc(-c3ccc(C(=O)NCCNC(=O)C4CCCCC4)cc3)o2)c1. The number of hydrogen-bond acceptors (Lipinski definition) is 5. The molecule has 2 N–H and O–H groups in total. The van der Waals surface area contributed by atoms with Crippen LogP contribution in [0.5, 0.6) is 0 Å². The van der Waals surface area contributed by atoms with Crippen LogP contribution in [0.15, 0.2) is 52.9 Å². The molecule has 0 radical (unpaired) electrons. The van der Waals surface area contributed by atoms with Crippen LogP contribution in [-0.4, -0.2) is 35.1 Å². The lowest BCUT2D eigenvalue weighted by Gasteiger charge is -2.20. The Balaban J connectivity index is 1.28. The van der Waals surface area contributed by atoms with Crippen molar-refractivity contribution in [2.24, 2.45) is 5.92 Å². The van der Waals surface area contributed by atoms with Gasteiger partial charge in [0.1, 0.15) is 0 Å².